The molecule has 1 aromatic heterocycles. The molecule has 0 aliphatic carbocycles. The Kier molecular flexibility index (Phi) is 3.09. The number of furan rings is 1. The summed E-state index contributed by atoms with van der Waals surface area (Å²) >= 11 is 0. The number of rotatable bonds is 3. The fourth-order valence-corrected chi connectivity index (χ4v) is 3.07. The second-order valence-corrected chi connectivity index (χ2v) is 5.53. The standard InChI is InChI=1S/C16H18N2O3/c17-16-8-14(18(21-16)9-11-4-3-7-19-11)13-10-20-15-6-2-1-5-12(13)15/h1-2,5-6,8,10-11,14H,3-4,7,9,17H2. The largest absolute Gasteiger partial charge is 0.464 e. The summed E-state index contributed by atoms with van der Waals surface area (Å²) in [5, 5.41) is 2.98. The summed E-state index contributed by atoms with van der Waals surface area (Å²) in [7, 11) is 0. The maximum atomic E-state index is 5.87. The lowest BCUT2D eigenvalue weighted by Crippen LogP contribution is -2.31. The monoisotopic (exact) mass is 286 g/mol. The fraction of sp³-hybridized carbons (Fsp3) is 0.375. The van der Waals surface area contributed by atoms with Crippen molar-refractivity contribution >= 4 is 11.0 Å². The van der Waals surface area contributed by atoms with Crippen LogP contribution in [0.3, 0.4) is 0 Å². The van der Waals surface area contributed by atoms with Crippen LogP contribution in [0.1, 0.15) is 24.4 Å². The molecule has 0 bridgehead atoms. The van der Waals surface area contributed by atoms with Gasteiger partial charge in [0.1, 0.15) is 5.58 Å². The van der Waals surface area contributed by atoms with Gasteiger partial charge < -0.3 is 19.7 Å². The van der Waals surface area contributed by atoms with E-state index < -0.39 is 0 Å². The van der Waals surface area contributed by atoms with E-state index >= 15 is 0 Å². The average Bonchev–Trinajstić information content (AvgIpc) is 3.19. The third-order valence-corrected chi connectivity index (χ3v) is 4.09. The molecule has 4 rings (SSSR count). The minimum absolute atomic E-state index is 0.0298. The molecule has 2 atom stereocenters. The normalized spacial score (nSPS) is 26.2. The summed E-state index contributed by atoms with van der Waals surface area (Å²) in [5.74, 6) is 0.434. The van der Waals surface area contributed by atoms with Crippen LogP contribution in [0.5, 0.6) is 0 Å². The zero-order chi connectivity index (χ0) is 14.2. The van der Waals surface area contributed by atoms with E-state index in [0.29, 0.717) is 12.4 Å². The molecule has 1 fully saturated rings. The number of fused-ring (bicyclic) bond motifs is 1. The highest BCUT2D eigenvalue weighted by Crippen LogP contribution is 2.35. The summed E-state index contributed by atoms with van der Waals surface area (Å²) < 4.78 is 11.3. The number of hydrogen-bond donors (Lipinski definition) is 1. The van der Waals surface area contributed by atoms with Gasteiger partial charge in [0.2, 0.25) is 5.88 Å². The number of nitrogens with zero attached hydrogens (tertiary/aromatic N) is 1. The average molecular weight is 286 g/mol. The molecule has 3 heterocycles. The van der Waals surface area contributed by atoms with E-state index in [9.17, 15) is 0 Å². The minimum Gasteiger partial charge on any atom is -0.464 e. The van der Waals surface area contributed by atoms with Crippen molar-refractivity contribution < 1.29 is 14.0 Å². The predicted molar refractivity (Wildman–Crippen MR) is 78.0 cm³/mol. The second-order valence-electron chi connectivity index (χ2n) is 5.53. The van der Waals surface area contributed by atoms with Crippen LogP contribution in [0.25, 0.3) is 11.0 Å². The molecular formula is C16H18N2O3. The first-order valence-corrected chi connectivity index (χ1v) is 7.31. The molecular weight excluding hydrogens is 268 g/mol. The number of nitrogens with two attached hydrogens (primary N) is 1. The van der Waals surface area contributed by atoms with Gasteiger partial charge in [0, 0.05) is 23.6 Å². The van der Waals surface area contributed by atoms with Gasteiger partial charge in [-0.25, -0.2) is 0 Å². The Morgan fingerprint density at radius 1 is 1.29 bits per heavy atom. The number of benzene rings is 1. The maximum Gasteiger partial charge on any atom is 0.207 e. The van der Waals surface area contributed by atoms with Crippen molar-refractivity contribution in [2.75, 3.05) is 13.2 Å². The molecule has 1 saturated heterocycles. The van der Waals surface area contributed by atoms with E-state index in [0.717, 1.165) is 36.0 Å². The highest BCUT2D eigenvalue weighted by molar-refractivity contribution is 5.81. The van der Waals surface area contributed by atoms with Crippen LogP contribution in [-0.2, 0) is 9.57 Å². The number of hydrogen-bond acceptors (Lipinski definition) is 5. The Labute approximate surface area is 122 Å². The molecule has 21 heavy (non-hydrogen) atoms. The molecule has 0 spiro atoms. The summed E-state index contributed by atoms with van der Waals surface area (Å²) in [5.41, 5.74) is 7.82. The quantitative estimate of drug-likeness (QED) is 0.940. The van der Waals surface area contributed by atoms with Crippen molar-refractivity contribution in [3.05, 3.63) is 48.1 Å². The molecule has 110 valence electrons. The van der Waals surface area contributed by atoms with Crippen LogP contribution in [-0.4, -0.2) is 24.3 Å². The van der Waals surface area contributed by atoms with Gasteiger partial charge in [0.15, 0.2) is 0 Å². The van der Waals surface area contributed by atoms with Gasteiger partial charge in [-0.1, -0.05) is 18.2 Å². The van der Waals surface area contributed by atoms with Gasteiger partial charge >= 0.3 is 0 Å². The first-order valence-electron chi connectivity index (χ1n) is 7.31. The van der Waals surface area contributed by atoms with Crippen LogP contribution in [0, 0.1) is 0 Å². The summed E-state index contributed by atoms with van der Waals surface area (Å²) in [6.07, 6.45) is 6.10. The Bertz CT molecular complexity index is 673. The third-order valence-electron chi connectivity index (χ3n) is 4.09. The summed E-state index contributed by atoms with van der Waals surface area (Å²) in [6.45, 7) is 1.54. The fourth-order valence-electron chi connectivity index (χ4n) is 3.07. The molecule has 2 unspecified atom stereocenters. The minimum atomic E-state index is -0.0298. The van der Waals surface area contributed by atoms with E-state index in [1.165, 1.54) is 0 Å². The predicted octanol–water partition coefficient (Wildman–Crippen LogP) is 2.70. The Morgan fingerprint density at radius 3 is 3.05 bits per heavy atom. The first-order chi connectivity index (χ1) is 10.3. The van der Waals surface area contributed by atoms with Crippen LogP contribution >= 0.6 is 0 Å². The lowest BCUT2D eigenvalue weighted by atomic mass is 10.1. The lowest BCUT2D eigenvalue weighted by Gasteiger charge is -2.24. The van der Waals surface area contributed by atoms with Crippen LogP contribution in [0.2, 0.25) is 0 Å². The molecule has 2 aliphatic rings. The van der Waals surface area contributed by atoms with Gasteiger partial charge in [0.05, 0.1) is 25.0 Å². The van der Waals surface area contributed by atoms with E-state index in [4.69, 9.17) is 19.7 Å². The van der Waals surface area contributed by atoms with Crippen LogP contribution in [0.4, 0.5) is 0 Å². The maximum absolute atomic E-state index is 5.87. The third kappa shape index (κ3) is 2.28. The van der Waals surface area contributed by atoms with Crippen molar-refractivity contribution in [2.24, 2.45) is 5.73 Å². The molecule has 0 amide bonds. The van der Waals surface area contributed by atoms with Crippen LogP contribution < -0.4 is 5.73 Å². The number of para-hydroxylation sites is 1. The highest BCUT2D eigenvalue weighted by atomic mass is 16.7. The van der Waals surface area contributed by atoms with Gasteiger partial charge in [0.25, 0.3) is 0 Å². The highest BCUT2D eigenvalue weighted by Gasteiger charge is 2.32. The molecule has 2 aliphatic heterocycles. The van der Waals surface area contributed by atoms with E-state index in [-0.39, 0.29) is 12.1 Å². The smallest absolute Gasteiger partial charge is 0.207 e. The Hall–Kier alpha value is -1.98. The van der Waals surface area contributed by atoms with Crippen molar-refractivity contribution in [2.45, 2.75) is 25.0 Å². The van der Waals surface area contributed by atoms with Gasteiger partial charge in [-0.3, -0.25) is 0 Å². The SMILES string of the molecule is NC1=CC(c2coc3ccccc23)N(CC2CCCO2)O1. The van der Waals surface area contributed by atoms with Crippen molar-refractivity contribution in [3.8, 4) is 0 Å². The van der Waals surface area contributed by atoms with Gasteiger partial charge in [-0.2, -0.15) is 0 Å². The number of hydroxylamine groups is 2. The zero-order valence-electron chi connectivity index (χ0n) is 11.7. The Morgan fingerprint density at radius 2 is 2.19 bits per heavy atom. The first kappa shape index (κ1) is 12.7. The molecule has 1 aromatic carbocycles. The topological polar surface area (TPSA) is 60.9 Å². The molecule has 2 N–H and O–H groups in total. The van der Waals surface area contributed by atoms with E-state index in [2.05, 4.69) is 6.07 Å². The zero-order valence-corrected chi connectivity index (χ0v) is 11.7. The van der Waals surface area contributed by atoms with Crippen molar-refractivity contribution in [1.82, 2.24) is 5.06 Å². The molecule has 5 heteroatoms. The molecule has 0 saturated carbocycles. The lowest BCUT2D eigenvalue weighted by molar-refractivity contribution is -0.139. The van der Waals surface area contributed by atoms with Gasteiger partial charge in [-0.05, 0) is 18.9 Å². The summed E-state index contributed by atoms with van der Waals surface area (Å²) in [6, 6.07) is 7.97. The molecule has 5 nitrogen and oxygen atoms in total. The number of ether oxygens (including phenoxy) is 1. The Balaban J connectivity index is 1.64. The molecule has 0 radical (unpaired) electrons. The van der Waals surface area contributed by atoms with Crippen molar-refractivity contribution in [3.63, 3.8) is 0 Å². The van der Waals surface area contributed by atoms with Gasteiger partial charge in [-0.15, -0.1) is 5.06 Å². The van der Waals surface area contributed by atoms with E-state index in [1.807, 2.05) is 29.3 Å². The molecule has 2 aromatic rings. The van der Waals surface area contributed by atoms with E-state index in [1.54, 1.807) is 6.26 Å². The summed E-state index contributed by atoms with van der Waals surface area (Å²) in [4.78, 5) is 5.66. The van der Waals surface area contributed by atoms with Crippen LogP contribution in [0.15, 0.2) is 46.9 Å². The van der Waals surface area contributed by atoms with Crippen molar-refractivity contribution in [1.29, 1.82) is 0 Å². The second kappa shape index (κ2) is 5.09.